The molecule has 0 radical (unpaired) electrons. The quantitative estimate of drug-likeness (QED) is 0.572. The molecule has 0 fully saturated rings. The molecule has 3 nitrogen and oxygen atoms in total. The Labute approximate surface area is 154 Å². The highest BCUT2D eigenvalue weighted by atomic mass is 19.4. The molecule has 1 heterocycles. The summed E-state index contributed by atoms with van der Waals surface area (Å²) < 4.78 is 45.4. The zero-order valence-corrected chi connectivity index (χ0v) is 14.6. The van der Waals surface area contributed by atoms with E-state index in [9.17, 15) is 18.0 Å². The van der Waals surface area contributed by atoms with Crippen LogP contribution in [0.4, 0.5) is 18.9 Å². The first-order chi connectivity index (χ1) is 12.9. The molecule has 0 aromatic heterocycles. The van der Waals surface area contributed by atoms with Gasteiger partial charge < -0.3 is 10.1 Å². The number of rotatable bonds is 2. The number of allylic oxidation sites excluding steroid dienone is 2. The summed E-state index contributed by atoms with van der Waals surface area (Å²) in [6, 6.07) is 10.4. The van der Waals surface area contributed by atoms with Crippen molar-refractivity contribution in [1.82, 2.24) is 0 Å². The largest absolute Gasteiger partial charge is 0.465 e. The van der Waals surface area contributed by atoms with Crippen LogP contribution < -0.4 is 5.32 Å². The van der Waals surface area contributed by atoms with E-state index in [0.29, 0.717) is 12.0 Å². The summed E-state index contributed by atoms with van der Waals surface area (Å²) in [5, 5.41) is 3.29. The summed E-state index contributed by atoms with van der Waals surface area (Å²) in [7, 11) is 1.32. The van der Waals surface area contributed by atoms with E-state index in [1.165, 1.54) is 13.2 Å². The molecule has 1 aliphatic heterocycles. The van der Waals surface area contributed by atoms with Gasteiger partial charge in [-0.25, -0.2) is 4.79 Å². The monoisotopic (exact) mass is 373 g/mol. The first kappa shape index (κ1) is 17.6. The second-order valence-corrected chi connectivity index (χ2v) is 6.85. The first-order valence-corrected chi connectivity index (χ1v) is 8.71. The Morgan fingerprint density at radius 1 is 1.15 bits per heavy atom. The predicted molar refractivity (Wildman–Crippen MR) is 95.6 cm³/mol. The fourth-order valence-electron chi connectivity index (χ4n) is 4.17. The number of hydrogen-bond acceptors (Lipinski definition) is 3. The predicted octanol–water partition coefficient (Wildman–Crippen LogP) is 5.32. The SMILES string of the molecule is COC(=O)c1ccc2c(c1)[C@@H]1C=CC[C@H]1[C@@H](c1ccccc1C(F)(F)F)N2. The molecule has 0 saturated heterocycles. The number of halogens is 3. The smallest absolute Gasteiger partial charge is 0.416 e. The number of ether oxygens (including phenoxy) is 1. The molecule has 1 aliphatic carbocycles. The molecule has 3 atom stereocenters. The van der Waals surface area contributed by atoms with Gasteiger partial charge in [0.1, 0.15) is 0 Å². The highest BCUT2D eigenvalue weighted by Gasteiger charge is 2.42. The van der Waals surface area contributed by atoms with Crippen LogP contribution >= 0.6 is 0 Å². The highest BCUT2D eigenvalue weighted by Crippen LogP contribution is 2.51. The van der Waals surface area contributed by atoms with Gasteiger partial charge in [-0.15, -0.1) is 0 Å². The molecule has 27 heavy (non-hydrogen) atoms. The standard InChI is InChI=1S/C21H18F3NO2/c1-27-20(26)12-9-10-18-16(11-12)13-6-4-7-14(13)19(25-18)15-5-2-3-8-17(15)21(22,23)24/h2-6,8-11,13-14,19,25H,7H2,1H3/t13-,14-,19+/m1/s1. The zero-order valence-electron chi connectivity index (χ0n) is 14.6. The van der Waals surface area contributed by atoms with Crippen LogP contribution in [0.1, 0.15) is 45.4 Å². The van der Waals surface area contributed by atoms with E-state index < -0.39 is 23.8 Å². The van der Waals surface area contributed by atoms with Crippen molar-refractivity contribution in [1.29, 1.82) is 0 Å². The average molecular weight is 373 g/mol. The lowest BCUT2D eigenvalue weighted by atomic mass is 9.75. The van der Waals surface area contributed by atoms with Crippen LogP contribution in [-0.2, 0) is 10.9 Å². The van der Waals surface area contributed by atoms with Gasteiger partial charge in [-0.05, 0) is 47.7 Å². The van der Waals surface area contributed by atoms with Crippen molar-refractivity contribution in [2.45, 2.75) is 24.6 Å². The lowest BCUT2D eigenvalue weighted by Crippen LogP contribution is -2.31. The van der Waals surface area contributed by atoms with E-state index in [2.05, 4.69) is 5.32 Å². The molecule has 140 valence electrons. The summed E-state index contributed by atoms with van der Waals surface area (Å²) in [6.45, 7) is 0. The normalized spacial score (nSPS) is 23.3. The Bertz CT molecular complexity index is 920. The number of carbonyl (C=O) groups excluding carboxylic acids is 1. The number of nitrogens with one attached hydrogen (secondary N) is 1. The Hall–Kier alpha value is -2.76. The second kappa shape index (κ2) is 6.44. The van der Waals surface area contributed by atoms with E-state index in [0.717, 1.165) is 17.3 Å². The van der Waals surface area contributed by atoms with Gasteiger partial charge in [0.15, 0.2) is 0 Å². The Morgan fingerprint density at radius 3 is 2.67 bits per heavy atom. The number of anilines is 1. The third-order valence-corrected chi connectivity index (χ3v) is 5.39. The average Bonchev–Trinajstić information content (AvgIpc) is 3.16. The molecule has 2 aromatic carbocycles. The van der Waals surface area contributed by atoms with E-state index in [4.69, 9.17) is 4.74 Å². The van der Waals surface area contributed by atoms with Crippen molar-refractivity contribution >= 4 is 11.7 Å². The molecular weight excluding hydrogens is 355 g/mol. The van der Waals surface area contributed by atoms with Gasteiger partial charge in [-0.3, -0.25) is 0 Å². The molecule has 1 N–H and O–H groups in total. The van der Waals surface area contributed by atoms with Gasteiger partial charge in [-0.2, -0.15) is 13.2 Å². The van der Waals surface area contributed by atoms with Gasteiger partial charge >= 0.3 is 12.1 Å². The van der Waals surface area contributed by atoms with Crippen molar-refractivity contribution in [2.24, 2.45) is 5.92 Å². The summed E-state index contributed by atoms with van der Waals surface area (Å²) in [6.07, 6.45) is 0.292. The minimum atomic E-state index is -4.41. The summed E-state index contributed by atoms with van der Waals surface area (Å²) in [5.41, 5.74) is 1.75. The summed E-state index contributed by atoms with van der Waals surface area (Å²) >= 11 is 0. The summed E-state index contributed by atoms with van der Waals surface area (Å²) in [5.74, 6) is -0.521. The van der Waals surface area contributed by atoms with Gasteiger partial charge in [0.25, 0.3) is 0 Å². The molecule has 0 saturated carbocycles. The lowest BCUT2D eigenvalue weighted by Gasteiger charge is -2.38. The molecule has 0 bridgehead atoms. The minimum Gasteiger partial charge on any atom is -0.465 e. The molecule has 6 heteroatoms. The molecular formula is C21H18F3NO2. The Balaban J connectivity index is 1.79. The molecule has 4 rings (SSSR count). The highest BCUT2D eigenvalue weighted by molar-refractivity contribution is 5.90. The van der Waals surface area contributed by atoms with Crippen LogP contribution in [0.5, 0.6) is 0 Å². The van der Waals surface area contributed by atoms with E-state index in [-0.39, 0.29) is 17.4 Å². The van der Waals surface area contributed by atoms with Crippen LogP contribution in [0.3, 0.4) is 0 Å². The number of alkyl halides is 3. The maximum Gasteiger partial charge on any atom is 0.416 e. The van der Waals surface area contributed by atoms with Crippen LogP contribution in [0, 0.1) is 5.92 Å². The maximum absolute atomic E-state index is 13.5. The Morgan fingerprint density at radius 2 is 1.93 bits per heavy atom. The molecule has 0 amide bonds. The van der Waals surface area contributed by atoms with Gasteiger partial charge in [0.05, 0.1) is 24.3 Å². The number of hydrogen-bond donors (Lipinski definition) is 1. The van der Waals surface area contributed by atoms with Crippen LogP contribution in [0.2, 0.25) is 0 Å². The molecule has 0 unspecified atom stereocenters. The number of carbonyl (C=O) groups is 1. The number of methoxy groups -OCH3 is 1. The van der Waals surface area contributed by atoms with Crippen LogP contribution in [0.15, 0.2) is 54.6 Å². The van der Waals surface area contributed by atoms with Crippen molar-refractivity contribution < 1.29 is 22.7 Å². The fourth-order valence-corrected chi connectivity index (χ4v) is 4.17. The van der Waals surface area contributed by atoms with E-state index >= 15 is 0 Å². The first-order valence-electron chi connectivity index (χ1n) is 8.71. The van der Waals surface area contributed by atoms with Gasteiger partial charge in [0, 0.05) is 11.6 Å². The second-order valence-electron chi connectivity index (χ2n) is 6.85. The van der Waals surface area contributed by atoms with Crippen molar-refractivity contribution in [2.75, 3.05) is 12.4 Å². The Kier molecular flexibility index (Phi) is 4.21. The molecule has 2 aromatic rings. The van der Waals surface area contributed by atoms with Crippen LogP contribution in [0.25, 0.3) is 0 Å². The number of fused-ring (bicyclic) bond motifs is 3. The number of esters is 1. The van der Waals surface area contributed by atoms with E-state index in [1.54, 1.807) is 30.3 Å². The van der Waals surface area contributed by atoms with Crippen molar-refractivity contribution in [3.8, 4) is 0 Å². The van der Waals surface area contributed by atoms with Crippen molar-refractivity contribution in [3.63, 3.8) is 0 Å². The molecule has 2 aliphatic rings. The topological polar surface area (TPSA) is 38.3 Å². The van der Waals surface area contributed by atoms with Crippen LogP contribution in [-0.4, -0.2) is 13.1 Å². The minimum absolute atomic E-state index is 0.0443. The zero-order chi connectivity index (χ0) is 19.2. The fraction of sp³-hybridized carbons (Fsp3) is 0.286. The number of benzene rings is 2. The maximum atomic E-state index is 13.5. The third kappa shape index (κ3) is 2.99. The van der Waals surface area contributed by atoms with Gasteiger partial charge in [-0.1, -0.05) is 30.4 Å². The lowest BCUT2D eigenvalue weighted by molar-refractivity contribution is -0.138. The summed E-state index contributed by atoms with van der Waals surface area (Å²) in [4.78, 5) is 11.8. The third-order valence-electron chi connectivity index (χ3n) is 5.39. The van der Waals surface area contributed by atoms with Gasteiger partial charge in [0.2, 0.25) is 0 Å². The molecule has 0 spiro atoms. The van der Waals surface area contributed by atoms with Crippen molar-refractivity contribution in [3.05, 3.63) is 76.9 Å². The van der Waals surface area contributed by atoms with E-state index in [1.807, 2.05) is 12.2 Å².